The highest BCUT2D eigenvalue weighted by Gasteiger charge is 2.07. The summed E-state index contributed by atoms with van der Waals surface area (Å²) in [4.78, 5) is 0. The van der Waals surface area contributed by atoms with Crippen molar-refractivity contribution in [2.45, 2.75) is 6.42 Å². The van der Waals surface area contributed by atoms with Crippen LogP contribution in [0.4, 0.5) is 5.69 Å². The van der Waals surface area contributed by atoms with Gasteiger partial charge in [-0.2, -0.15) is 5.11 Å². The molecule has 0 spiro atoms. The first kappa shape index (κ1) is 13.7. The van der Waals surface area contributed by atoms with Gasteiger partial charge >= 0.3 is 0 Å². The molecule has 0 aliphatic rings. The molecule has 2 rings (SSSR count). The number of benzene rings is 2. The molecule has 19 heavy (non-hydrogen) atoms. The number of ether oxygens (including phenoxy) is 1. The predicted molar refractivity (Wildman–Crippen MR) is 80.6 cm³/mol. The Balaban J connectivity index is 2.34. The van der Waals surface area contributed by atoms with Gasteiger partial charge in [-0.15, -0.1) is 0 Å². The van der Waals surface area contributed by atoms with Crippen molar-refractivity contribution >= 4 is 21.6 Å². The normalized spacial score (nSPS) is 10.2. The zero-order valence-corrected chi connectivity index (χ0v) is 12.1. The quantitative estimate of drug-likeness (QED) is 0.445. The number of halogens is 1. The molecule has 0 atom stereocenters. The van der Waals surface area contributed by atoms with Gasteiger partial charge in [0.25, 0.3) is 0 Å². The van der Waals surface area contributed by atoms with Gasteiger partial charge in [-0.1, -0.05) is 46.3 Å². The summed E-state index contributed by atoms with van der Waals surface area (Å²) in [6.07, 6.45) is 0.957. The second-order valence-corrected chi connectivity index (χ2v) is 4.84. The first-order valence-corrected chi connectivity index (χ1v) is 7.23. The number of hydrogen-bond donors (Lipinski definition) is 1. The van der Waals surface area contributed by atoms with E-state index in [0.717, 1.165) is 28.6 Å². The van der Waals surface area contributed by atoms with E-state index >= 15 is 0 Å². The van der Waals surface area contributed by atoms with Gasteiger partial charge in [0.05, 0.1) is 12.3 Å². The highest BCUT2D eigenvalue weighted by molar-refractivity contribution is 9.09. The maximum absolute atomic E-state index is 7.12. The van der Waals surface area contributed by atoms with E-state index < -0.39 is 0 Å². The van der Waals surface area contributed by atoms with Crippen LogP contribution in [-0.4, -0.2) is 11.9 Å². The fraction of sp³-hybridized carbons (Fsp3) is 0.200. The minimum absolute atomic E-state index is 0.631. The highest BCUT2D eigenvalue weighted by atomic mass is 79.9. The Morgan fingerprint density at radius 3 is 2.58 bits per heavy atom. The minimum Gasteiger partial charge on any atom is -0.493 e. The average molecular weight is 319 g/mol. The standard InChI is InChI=1S/C15H15BrN2O/c16-9-4-10-19-15-8-7-13(18-17)11-14(15)12-5-2-1-3-6-12/h1-3,5-8,11,17H,4,9-10H2. The smallest absolute Gasteiger partial charge is 0.127 e. The molecule has 0 amide bonds. The van der Waals surface area contributed by atoms with Crippen LogP contribution in [0.25, 0.3) is 11.1 Å². The van der Waals surface area contributed by atoms with E-state index in [1.165, 1.54) is 0 Å². The highest BCUT2D eigenvalue weighted by Crippen LogP contribution is 2.33. The lowest BCUT2D eigenvalue weighted by Gasteiger charge is -2.12. The second-order valence-electron chi connectivity index (χ2n) is 4.05. The van der Waals surface area contributed by atoms with E-state index in [9.17, 15) is 0 Å². The van der Waals surface area contributed by atoms with Crippen molar-refractivity contribution in [1.29, 1.82) is 5.53 Å². The summed E-state index contributed by atoms with van der Waals surface area (Å²) >= 11 is 3.39. The molecule has 2 aromatic rings. The summed E-state index contributed by atoms with van der Waals surface area (Å²) in [5, 5.41) is 4.41. The van der Waals surface area contributed by atoms with Gasteiger partial charge in [0.15, 0.2) is 0 Å². The number of rotatable bonds is 6. The van der Waals surface area contributed by atoms with Crippen LogP contribution in [0, 0.1) is 5.53 Å². The molecule has 0 aliphatic carbocycles. The summed E-state index contributed by atoms with van der Waals surface area (Å²) in [5.74, 6) is 0.833. The molecule has 3 nitrogen and oxygen atoms in total. The SMILES string of the molecule is N=Nc1ccc(OCCCBr)c(-c2ccccc2)c1. The molecule has 0 aliphatic heterocycles. The van der Waals surface area contributed by atoms with E-state index in [1.54, 1.807) is 6.07 Å². The van der Waals surface area contributed by atoms with E-state index in [0.29, 0.717) is 12.3 Å². The van der Waals surface area contributed by atoms with Crippen LogP contribution in [0.2, 0.25) is 0 Å². The fourth-order valence-corrected chi connectivity index (χ4v) is 2.02. The van der Waals surface area contributed by atoms with Crippen LogP contribution in [-0.2, 0) is 0 Å². The number of hydrogen-bond acceptors (Lipinski definition) is 3. The molecule has 0 unspecified atom stereocenters. The molecule has 0 saturated carbocycles. The summed E-state index contributed by atoms with van der Waals surface area (Å²) in [7, 11) is 0. The molecule has 0 radical (unpaired) electrons. The maximum Gasteiger partial charge on any atom is 0.127 e. The van der Waals surface area contributed by atoms with Crippen LogP contribution >= 0.6 is 15.9 Å². The zero-order chi connectivity index (χ0) is 13.5. The van der Waals surface area contributed by atoms with E-state index in [-0.39, 0.29) is 0 Å². The first-order chi connectivity index (χ1) is 9.35. The van der Waals surface area contributed by atoms with Crippen LogP contribution in [0.3, 0.4) is 0 Å². The molecule has 0 fully saturated rings. The van der Waals surface area contributed by atoms with Gasteiger partial charge in [-0.25, -0.2) is 5.53 Å². The van der Waals surface area contributed by atoms with Gasteiger partial charge in [-0.3, -0.25) is 0 Å². The topological polar surface area (TPSA) is 45.4 Å². The van der Waals surface area contributed by atoms with Crippen molar-refractivity contribution in [1.82, 2.24) is 0 Å². The Hall–Kier alpha value is -1.68. The molecular formula is C15H15BrN2O. The molecule has 0 heterocycles. The number of nitrogens with zero attached hydrogens (tertiary/aromatic N) is 1. The summed E-state index contributed by atoms with van der Waals surface area (Å²) in [6.45, 7) is 0.669. The van der Waals surface area contributed by atoms with Crippen LogP contribution in [0.5, 0.6) is 5.75 Å². The largest absolute Gasteiger partial charge is 0.493 e. The first-order valence-electron chi connectivity index (χ1n) is 6.11. The Morgan fingerprint density at radius 2 is 1.89 bits per heavy atom. The van der Waals surface area contributed by atoms with Crippen molar-refractivity contribution in [2.24, 2.45) is 5.11 Å². The zero-order valence-electron chi connectivity index (χ0n) is 10.5. The second kappa shape index (κ2) is 7.04. The third-order valence-corrected chi connectivity index (χ3v) is 3.27. The Bertz CT molecular complexity index is 543. The Morgan fingerprint density at radius 1 is 1.11 bits per heavy atom. The van der Waals surface area contributed by atoms with Crippen LogP contribution in [0.15, 0.2) is 53.6 Å². The molecule has 1 N–H and O–H groups in total. The fourth-order valence-electron chi connectivity index (χ4n) is 1.79. The third kappa shape index (κ3) is 3.64. The van der Waals surface area contributed by atoms with Gasteiger partial charge in [0.2, 0.25) is 0 Å². The lowest BCUT2D eigenvalue weighted by Crippen LogP contribution is -1.99. The lowest BCUT2D eigenvalue weighted by molar-refractivity contribution is 0.320. The van der Waals surface area contributed by atoms with E-state index in [4.69, 9.17) is 10.3 Å². The van der Waals surface area contributed by atoms with Crippen molar-refractivity contribution < 1.29 is 4.74 Å². The summed E-state index contributed by atoms with van der Waals surface area (Å²) in [5.41, 5.74) is 9.80. The van der Waals surface area contributed by atoms with Crippen LogP contribution in [0.1, 0.15) is 6.42 Å². The van der Waals surface area contributed by atoms with E-state index in [2.05, 4.69) is 21.0 Å². The van der Waals surface area contributed by atoms with Crippen molar-refractivity contribution in [3.8, 4) is 16.9 Å². The monoisotopic (exact) mass is 318 g/mol. The van der Waals surface area contributed by atoms with Gasteiger partial charge in [-0.05, 0) is 30.2 Å². The molecule has 98 valence electrons. The molecule has 4 heteroatoms. The van der Waals surface area contributed by atoms with Crippen LogP contribution < -0.4 is 4.74 Å². The molecule has 2 aromatic carbocycles. The molecule has 0 saturated heterocycles. The molecular weight excluding hydrogens is 304 g/mol. The number of nitrogens with one attached hydrogen (secondary N) is 1. The van der Waals surface area contributed by atoms with Gasteiger partial charge in [0.1, 0.15) is 5.75 Å². The van der Waals surface area contributed by atoms with Crippen molar-refractivity contribution in [3.63, 3.8) is 0 Å². The Labute approximate surface area is 121 Å². The van der Waals surface area contributed by atoms with Crippen molar-refractivity contribution in [2.75, 3.05) is 11.9 Å². The van der Waals surface area contributed by atoms with Crippen molar-refractivity contribution in [3.05, 3.63) is 48.5 Å². The summed E-state index contributed by atoms with van der Waals surface area (Å²) < 4.78 is 5.80. The molecule has 0 aromatic heterocycles. The Kier molecular flexibility index (Phi) is 5.10. The number of alkyl halides is 1. The average Bonchev–Trinajstić information content (AvgIpc) is 2.48. The summed E-state index contributed by atoms with van der Waals surface area (Å²) in [6, 6.07) is 15.6. The van der Waals surface area contributed by atoms with E-state index in [1.807, 2.05) is 42.5 Å². The maximum atomic E-state index is 7.12. The van der Waals surface area contributed by atoms with Gasteiger partial charge in [0, 0.05) is 10.9 Å². The van der Waals surface area contributed by atoms with Gasteiger partial charge < -0.3 is 4.74 Å². The minimum atomic E-state index is 0.631. The third-order valence-electron chi connectivity index (χ3n) is 2.71. The predicted octanol–water partition coefficient (Wildman–Crippen LogP) is 5.18. The lowest BCUT2D eigenvalue weighted by atomic mass is 10.0. The molecule has 0 bridgehead atoms.